The Morgan fingerprint density at radius 2 is 1.59 bits per heavy atom. The number of nitrogens with zero attached hydrogens (tertiary/aromatic N) is 1. The van der Waals surface area contributed by atoms with E-state index in [0.717, 1.165) is 16.9 Å². The van der Waals surface area contributed by atoms with E-state index < -0.39 is 0 Å². The standard InChI is InChI=1S/C23H24N4O4S/c1-14-9-16(31-17-7-8-25-21(13-17)22(28)24-2)5-6-20(14)27-23(32)26-15-10-18(29-3)12-19(11-15)30-4/h5-13H,1-4H3,(H,24,28)(H2,26,27,32). The van der Waals surface area contributed by atoms with Crippen molar-refractivity contribution in [3.63, 3.8) is 0 Å². The first-order valence-corrected chi connectivity index (χ1v) is 10.1. The van der Waals surface area contributed by atoms with Crippen molar-refractivity contribution in [2.75, 3.05) is 31.9 Å². The first kappa shape index (κ1) is 22.8. The lowest BCUT2D eigenvalue weighted by molar-refractivity contribution is 0.0958. The minimum absolute atomic E-state index is 0.277. The van der Waals surface area contributed by atoms with Crippen LogP contribution in [0, 0.1) is 6.92 Å². The summed E-state index contributed by atoms with van der Waals surface area (Å²) in [5, 5.41) is 9.26. The SMILES string of the molecule is CNC(=O)c1cc(Oc2ccc(NC(=S)Nc3cc(OC)cc(OC)c3)c(C)c2)ccn1. The number of ether oxygens (including phenoxy) is 3. The van der Waals surface area contributed by atoms with Gasteiger partial charge in [-0.25, -0.2) is 0 Å². The van der Waals surface area contributed by atoms with Crippen molar-refractivity contribution in [3.8, 4) is 23.0 Å². The Kier molecular flexibility index (Phi) is 7.45. The number of nitrogens with one attached hydrogen (secondary N) is 3. The predicted molar refractivity (Wildman–Crippen MR) is 128 cm³/mol. The highest BCUT2D eigenvalue weighted by atomic mass is 32.1. The highest BCUT2D eigenvalue weighted by Gasteiger charge is 2.09. The molecule has 166 valence electrons. The molecule has 3 N–H and O–H groups in total. The molecule has 0 bridgehead atoms. The van der Waals surface area contributed by atoms with Crippen molar-refractivity contribution in [2.45, 2.75) is 6.92 Å². The van der Waals surface area contributed by atoms with E-state index in [1.54, 1.807) is 39.5 Å². The number of benzene rings is 2. The third-order valence-corrected chi connectivity index (χ3v) is 4.69. The minimum atomic E-state index is -0.277. The summed E-state index contributed by atoms with van der Waals surface area (Å²) >= 11 is 5.44. The number of aryl methyl sites for hydroxylation is 1. The van der Waals surface area contributed by atoms with Crippen LogP contribution in [0.1, 0.15) is 16.1 Å². The number of carbonyl (C=O) groups is 1. The van der Waals surface area contributed by atoms with Crippen LogP contribution in [0.2, 0.25) is 0 Å². The molecule has 3 rings (SSSR count). The Morgan fingerprint density at radius 1 is 0.906 bits per heavy atom. The van der Waals surface area contributed by atoms with E-state index in [-0.39, 0.29) is 11.6 Å². The molecule has 0 aliphatic rings. The molecule has 9 heteroatoms. The lowest BCUT2D eigenvalue weighted by Gasteiger charge is -2.15. The predicted octanol–water partition coefficient (Wildman–Crippen LogP) is 4.37. The summed E-state index contributed by atoms with van der Waals surface area (Å²) in [6.45, 7) is 1.94. The van der Waals surface area contributed by atoms with Gasteiger partial charge in [-0.2, -0.15) is 0 Å². The van der Waals surface area contributed by atoms with Gasteiger partial charge in [0.25, 0.3) is 5.91 Å². The summed E-state index contributed by atoms with van der Waals surface area (Å²) in [6, 6.07) is 14.3. The number of hydrogen-bond donors (Lipinski definition) is 3. The summed E-state index contributed by atoms with van der Waals surface area (Å²) in [4.78, 5) is 15.8. The van der Waals surface area contributed by atoms with Gasteiger partial charge in [-0.15, -0.1) is 0 Å². The lowest BCUT2D eigenvalue weighted by Crippen LogP contribution is -2.19. The van der Waals surface area contributed by atoms with Gasteiger partial charge in [-0.3, -0.25) is 9.78 Å². The average Bonchev–Trinajstić information content (AvgIpc) is 2.80. The van der Waals surface area contributed by atoms with Crippen LogP contribution in [0.4, 0.5) is 11.4 Å². The van der Waals surface area contributed by atoms with Crippen LogP contribution in [0.15, 0.2) is 54.7 Å². The zero-order valence-electron chi connectivity index (χ0n) is 18.2. The number of anilines is 2. The molecule has 1 heterocycles. The third-order valence-electron chi connectivity index (χ3n) is 4.48. The highest BCUT2D eigenvalue weighted by molar-refractivity contribution is 7.80. The van der Waals surface area contributed by atoms with Crippen LogP contribution in [-0.2, 0) is 0 Å². The summed E-state index contributed by atoms with van der Waals surface area (Å²) in [7, 11) is 4.73. The van der Waals surface area contributed by atoms with E-state index in [1.165, 1.54) is 6.20 Å². The highest BCUT2D eigenvalue weighted by Crippen LogP contribution is 2.28. The van der Waals surface area contributed by atoms with Crippen molar-refractivity contribution in [2.24, 2.45) is 0 Å². The maximum absolute atomic E-state index is 11.8. The van der Waals surface area contributed by atoms with Gasteiger partial charge in [-0.05, 0) is 49.0 Å². The molecule has 0 saturated carbocycles. The molecule has 0 atom stereocenters. The monoisotopic (exact) mass is 452 g/mol. The molecule has 1 amide bonds. The second kappa shape index (κ2) is 10.5. The zero-order valence-corrected chi connectivity index (χ0v) is 19.0. The zero-order chi connectivity index (χ0) is 23.1. The van der Waals surface area contributed by atoms with E-state index in [1.807, 2.05) is 37.3 Å². The minimum Gasteiger partial charge on any atom is -0.497 e. The number of aromatic nitrogens is 1. The summed E-state index contributed by atoms with van der Waals surface area (Å²) in [5.74, 6) is 2.17. The Hall–Kier alpha value is -3.85. The van der Waals surface area contributed by atoms with Gasteiger partial charge in [0.05, 0.1) is 14.2 Å². The van der Waals surface area contributed by atoms with E-state index in [2.05, 4.69) is 20.9 Å². The first-order valence-electron chi connectivity index (χ1n) is 9.69. The molecule has 32 heavy (non-hydrogen) atoms. The number of hydrogen-bond acceptors (Lipinski definition) is 6. The van der Waals surface area contributed by atoms with Gasteiger partial charge >= 0.3 is 0 Å². The number of rotatable bonds is 7. The Bertz CT molecular complexity index is 1110. The third kappa shape index (κ3) is 5.86. The number of pyridine rings is 1. The molecule has 3 aromatic rings. The number of methoxy groups -OCH3 is 2. The van der Waals surface area contributed by atoms with Crippen molar-refractivity contribution in [1.29, 1.82) is 0 Å². The topological polar surface area (TPSA) is 93.7 Å². The largest absolute Gasteiger partial charge is 0.497 e. The van der Waals surface area contributed by atoms with Crippen LogP contribution in [0.5, 0.6) is 23.0 Å². The van der Waals surface area contributed by atoms with Crippen LogP contribution in [0.25, 0.3) is 0 Å². The molecule has 0 aliphatic heterocycles. The molecule has 0 unspecified atom stereocenters. The van der Waals surface area contributed by atoms with Crippen molar-refractivity contribution >= 4 is 34.6 Å². The van der Waals surface area contributed by atoms with Gasteiger partial charge in [0, 0.05) is 48.9 Å². The smallest absolute Gasteiger partial charge is 0.269 e. The summed E-state index contributed by atoms with van der Waals surface area (Å²) in [6.07, 6.45) is 1.53. The Labute approximate surface area is 191 Å². The maximum atomic E-state index is 11.8. The number of amides is 1. The summed E-state index contributed by atoms with van der Waals surface area (Å²) < 4.78 is 16.4. The van der Waals surface area contributed by atoms with Gasteiger partial charge in [0.2, 0.25) is 0 Å². The molecule has 0 aliphatic carbocycles. The second-order valence-electron chi connectivity index (χ2n) is 6.72. The number of thiocarbonyl (C=S) groups is 1. The van der Waals surface area contributed by atoms with E-state index in [9.17, 15) is 4.79 Å². The normalized spacial score (nSPS) is 10.1. The molecule has 0 radical (unpaired) electrons. The van der Waals surface area contributed by atoms with Gasteiger partial charge in [0.1, 0.15) is 28.7 Å². The Morgan fingerprint density at radius 3 is 2.22 bits per heavy atom. The molecule has 0 spiro atoms. The molecule has 8 nitrogen and oxygen atoms in total. The fourth-order valence-electron chi connectivity index (χ4n) is 2.87. The summed E-state index contributed by atoms with van der Waals surface area (Å²) in [5.41, 5.74) is 2.77. The Balaban J connectivity index is 1.68. The van der Waals surface area contributed by atoms with Gasteiger partial charge < -0.3 is 30.2 Å². The van der Waals surface area contributed by atoms with Gasteiger partial charge in [-0.1, -0.05) is 0 Å². The van der Waals surface area contributed by atoms with Gasteiger partial charge in [0.15, 0.2) is 5.11 Å². The molecule has 0 saturated heterocycles. The van der Waals surface area contributed by atoms with Crippen LogP contribution in [-0.4, -0.2) is 37.3 Å². The fourth-order valence-corrected chi connectivity index (χ4v) is 3.09. The van der Waals surface area contributed by atoms with E-state index in [4.69, 9.17) is 26.4 Å². The molecular formula is C23H24N4O4S. The fraction of sp³-hybridized carbons (Fsp3) is 0.174. The quantitative estimate of drug-likeness (QED) is 0.455. The van der Waals surface area contributed by atoms with E-state index in [0.29, 0.717) is 28.1 Å². The molecule has 2 aromatic carbocycles. The molecular weight excluding hydrogens is 428 g/mol. The molecule has 0 fully saturated rings. The van der Waals surface area contributed by atoms with Crippen molar-refractivity contribution in [1.82, 2.24) is 10.3 Å². The van der Waals surface area contributed by atoms with Crippen LogP contribution >= 0.6 is 12.2 Å². The second-order valence-corrected chi connectivity index (χ2v) is 7.12. The molecule has 1 aromatic heterocycles. The van der Waals surface area contributed by atoms with Crippen LogP contribution < -0.4 is 30.2 Å². The lowest BCUT2D eigenvalue weighted by atomic mass is 10.2. The van der Waals surface area contributed by atoms with E-state index >= 15 is 0 Å². The number of carbonyl (C=O) groups excluding carboxylic acids is 1. The maximum Gasteiger partial charge on any atom is 0.269 e. The van der Waals surface area contributed by atoms with Crippen molar-refractivity contribution < 1.29 is 19.0 Å². The van der Waals surface area contributed by atoms with Crippen LogP contribution in [0.3, 0.4) is 0 Å². The average molecular weight is 453 g/mol. The van der Waals surface area contributed by atoms with Crippen molar-refractivity contribution in [3.05, 3.63) is 66.0 Å². The first-order chi connectivity index (χ1) is 15.4.